The molecule has 0 spiro atoms. The molecule has 0 radical (unpaired) electrons. The van der Waals surface area contributed by atoms with Crippen molar-refractivity contribution in [2.24, 2.45) is 11.5 Å². The van der Waals surface area contributed by atoms with Crippen LogP contribution < -0.4 is 22.1 Å². The normalized spacial score (nSPS) is 11.9. The maximum absolute atomic E-state index is 12.2. The summed E-state index contributed by atoms with van der Waals surface area (Å²) in [6, 6.07) is 13.0. The molecule has 2 rings (SSSR count). The quantitative estimate of drug-likeness (QED) is 0.314. The van der Waals surface area contributed by atoms with Gasteiger partial charge in [0.05, 0.1) is 6.04 Å². The maximum atomic E-state index is 12.2. The Kier molecular flexibility index (Phi) is 5.32. The fraction of sp³-hybridized carbons (Fsp3) is 0.250. The maximum Gasteiger partial charge on any atom is 0.241 e. The average molecular weight is 299 g/mol. The first-order valence-electron chi connectivity index (χ1n) is 7.20. The standard InChI is InChI=1S/C16H21N5O/c17-13(8-4-10-20-16(18)19)15(22)21-14-9-3-6-11-5-1-2-7-12(11)14/h1-3,5-7,9,13H,4,8,10,17H2,(H,21,22)(H4,18,19,20). The molecule has 7 N–H and O–H groups in total. The Labute approximate surface area is 129 Å². The number of nitrogens with two attached hydrogens (primary N) is 2. The van der Waals surface area contributed by atoms with E-state index in [0.29, 0.717) is 19.4 Å². The molecule has 6 nitrogen and oxygen atoms in total. The van der Waals surface area contributed by atoms with E-state index >= 15 is 0 Å². The average Bonchev–Trinajstić information content (AvgIpc) is 2.51. The van der Waals surface area contributed by atoms with Gasteiger partial charge in [0.2, 0.25) is 5.91 Å². The van der Waals surface area contributed by atoms with Crippen LogP contribution in [0.4, 0.5) is 5.69 Å². The van der Waals surface area contributed by atoms with Crippen LogP contribution in [0.15, 0.2) is 42.5 Å². The van der Waals surface area contributed by atoms with Gasteiger partial charge in [-0.2, -0.15) is 0 Å². The van der Waals surface area contributed by atoms with Gasteiger partial charge >= 0.3 is 0 Å². The van der Waals surface area contributed by atoms with Crippen molar-refractivity contribution in [3.05, 3.63) is 42.5 Å². The number of fused-ring (bicyclic) bond motifs is 1. The van der Waals surface area contributed by atoms with Gasteiger partial charge < -0.3 is 22.1 Å². The molecule has 0 heterocycles. The molecule has 0 aliphatic carbocycles. The minimum Gasteiger partial charge on any atom is -0.370 e. The van der Waals surface area contributed by atoms with E-state index in [9.17, 15) is 4.79 Å². The molecule has 0 aromatic heterocycles. The van der Waals surface area contributed by atoms with Gasteiger partial charge in [0, 0.05) is 17.6 Å². The fourth-order valence-electron chi connectivity index (χ4n) is 2.24. The summed E-state index contributed by atoms with van der Waals surface area (Å²) in [6.07, 6.45) is 1.20. The zero-order valence-electron chi connectivity index (χ0n) is 12.3. The predicted molar refractivity (Wildman–Crippen MR) is 89.7 cm³/mol. The Morgan fingerprint density at radius 2 is 1.91 bits per heavy atom. The fourth-order valence-corrected chi connectivity index (χ4v) is 2.24. The van der Waals surface area contributed by atoms with E-state index < -0.39 is 6.04 Å². The van der Waals surface area contributed by atoms with E-state index in [0.717, 1.165) is 16.5 Å². The number of nitrogens with one attached hydrogen (secondary N) is 3. The highest BCUT2D eigenvalue weighted by molar-refractivity contribution is 6.03. The number of amides is 1. The van der Waals surface area contributed by atoms with Gasteiger partial charge in [-0.25, -0.2) is 0 Å². The van der Waals surface area contributed by atoms with Crippen LogP contribution in [-0.4, -0.2) is 24.5 Å². The molecule has 0 aliphatic heterocycles. The second-order valence-electron chi connectivity index (χ2n) is 5.11. The summed E-state index contributed by atoms with van der Waals surface area (Å²) >= 11 is 0. The van der Waals surface area contributed by atoms with E-state index in [4.69, 9.17) is 16.9 Å². The first kappa shape index (κ1) is 15.8. The van der Waals surface area contributed by atoms with Gasteiger partial charge in [-0.05, 0) is 24.3 Å². The SMILES string of the molecule is N=C(N)NCCCC(N)C(=O)Nc1cccc2ccccc12. The molecule has 0 bridgehead atoms. The van der Waals surface area contributed by atoms with Gasteiger partial charge in [0.15, 0.2) is 5.96 Å². The molecule has 1 amide bonds. The van der Waals surface area contributed by atoms with Crippen LogP contribution in [0.2, 0.25) is 0 Å². The lowest BCUT2D eigenvalue weighted by molar-refractivity contribution is -0.117. The van der Waals surface area contributed by atoms with Crippen LogP contribution in [0.25, 0.3) is 10.8 Å². The van der Waals surface area contributed by atoms with Crippen LogP contribution in [0.5, 0.6) is 0 Å². The monoisotopic (exact) mass is 299 g/mol. The number of hydrogen-bond acceptors (Lipinski definition) is 3. The number of benzene rings is 2. The highest BCUT2D eigenvalue weighted by Crippen LogP contribution is 2.23. The van der Waals surface area contributed by atoms with E-state index in [1.54, 1.807) is 0 Å². The van der Waals surface area contributed by atoms with Crippen molar-refractivity contribution in [3.8, 4) is 0 Å². The summed E-state index contributed by atoms with van der Waals surface area (Å²) in [4.78, 5) is 12.2. The van der Waals surface area contributed by atoms with Crippen LogP contribution >= 0.6 is 0 Å². The smallest absolute Gasteiger partial charge is 0.241 e. The topological polar surface area (TPSA) is 117 Å². The minimum atomic E-state index is -0.590. The van der Waals surface area contributed by atoms with Gasteiger partial charge in [-0.1, -0.05) is 36.4 Å². The molecule has 1 atom stereocenters. The van der Waals surface area contributed by atoms with Crippen molar-refractivity contribution >= 4 is 28.3 Å². The third-order valence-corrected chi connectivity index (χ3v) is 3.39. The van der Waals surface area contributed by atoms with Gasteiger partial charge in [-0.3, -0.25) is 10.2 Å². The zero-order valence-corrected chi connectivity index (χ0v) is 12.3. The van der Waals surface area contributed by atoms with Crippen molar-refractivity contribution in [1.82, 2.24) is 5.32 Å². The highest BCUT2D eigenvalue weighted by atomic mass is 16.2. The number of carbonyl (C=O) groups is 1. The van der Waals surface area contributed by atoms with Crippen molar-refractivity contribution in [2.75, 3.05) is 11.9 Å². The summed E-state index contributed by atoms with van der Waals surface area (Å²) in [5.41, 5.74) is 11.9. The predicted octanol–water partition coefficient (Wildman–Crippen LogP) is 1.37. The van der Waals surface area contributed by atoms with Crippen molar-refractivity contribution < 1.29 is 4.79 Å². The lowest BCUT2D eigenvalue weighted by atomic mass is 10.1. The van der Waals surface area contributed by atoms with Crippen molar-refractivity contribution in [3.63, 3.8) is 0 Å². The van der Waals surface area contributed by atoms with Crippen molar-refractivity contribution in [1.29, 1.82) is 5.41 Å². The molecule has 22 heavy (non-hydrogen) atoms. The van der Waals surface area contributed by atoms with E-state index in [1.165, 1.54) is 0 Å². The molecular weight excluding hydrogens is 278 g/mol. The molecule has 0 fully saturated rings. The molecule has 0 saturated heterocycles. The van der Waals surface area contributed by atoms with Gasteiger partial charge in [-0.15, -0.1) is 0 Å². The zero-order chi connectivity index (χ0) is 15.9. The van der Waals surface area contributed by atoms with Crippen LogP contribution in [0.3, 0.4) is 0 Å². The van der Waals surface area contributed by atoms with E-state index in [-0.39, 0.29) is 11.9 Å². The molecule has 0 saturated carbocycles. The van der Waals surface area contributed by atoms with Crippen LogP contribution in [-0.2, 0) is 4.79 Å². The van der Waals surface area contributed by atoms with Crippen LogP contribution in [0, 0.1) is 5.41 Å². The first-order chi connectivity index (χ1) is 10.6. The number of guanidine groups is 1. The summed E-state index contributed by atoms with van der Waals surface area (Å²) in [7, 11) is 0. The molecule has 2 aromatic rings. The lowest BCUT2D eigenvalue weighted by Gasteiger charge is -2.14. The Hall–Kier alpha value is -2.60. The van der Waals surface area contributed by atoms with Crippen LogP contribution in [0.1, 0.15) is 12.8 Å². The Morgan fingerprint density at radius 3 is 2.68 bits per heavy atom. The second-order valence-corrected chi connectivity index (χ2v) is 5.11. The number of carbonyl (C=O) groups excluding carboxylic acids is 1. The lowest BCUT2D eigenvalue weighted by Crippen LogP contribution is -2.37. The molecule has 6 heteroatoms. The van der Waals surface area contributed by atoms with E-state index in [1.807, 2.05) is 42.5 Å². The first-order valence-corrected chi connectivity index (χ1v) is 7.20. The number of anilines is 1. The third-order valence-electron chi connectivity index (χ3n) is 3.39. The molecule has 1 unspecified atom stereocenters. The number of rotatable bonds is 6. The Morgan fingerprint density at radius 1 is 1.18 bits per heavy atom. The van der Waals surface area contributed by atoms with Crippen molar-refractivity contribution in [2.45, 2.75) is 18.9 Å². The molecule has 0 aliphatic rings. The molecule has 2 aromatic carbocycles. The summed E-state index contributed by atoms with van der Waals surface area (Å²) in [5.74, 6) is -0.284. The third kappa shape index (κ3) is 4.20. The highest BCUT2D eigenvalue weighted by Gasteiger charge is 2.14. The van der Waals surface area contributed by atoms with Gasteiger partial charge in [0.25, 0.3) is 0 Å². The number of hydrogen-bond donors (Lipinski definition) is 5. The summed E-state index contributed by atoms with van der Waals surface area (Å²) in [6.45, 7) is 0.532. The van der Waals surface area contributed by atoms with Gasteiger partial charge in [0.1, 0.15) is 0 Å². The second kappa shape index (κ2) is 7.42. The Balaban J connectivity index is 1.94. The molecular formula is C16H21N5O. The summed E-state index contributed by atoms with van der Waals surface area (Å²) < 4.78 is 0. The van der Waals surface area contributed by atoms with E-state index in [2.05, 4.69) is 10.6 Å². The largest absolute Gasteiger partial charge is 0.370 e. The summed E-state index contributed by atoms with van der Waals surface area (Å²) in [5, 5.41) is 14.7. The molecule has 116 valence electrons. The minimum absolute atomic E-state index is 0.0752. The Bertz CT molecular complexity index is 665.